The minimum Gasteiger partial charge on any atom is -0.343 e. The number of nitrogens with one attached hydrogen (secondary N) is 2. The van der Waals surface area contributed by atoms with Gasteiger partial charge in [-0.05, 0) is 77.0 Å². The lowest BCUT2D eigenvalue weighted by atomic mass is 9.73. The Bertz CT molecular complexity index is 1360. The van der Waals surface area contributed by atoms with Crippen LogP contribution >= 0.6 is 11.6 Å². The zero-order chi connectivity index (χ0) is 27.0. The summed E-state index contributed by atoms with van der Waals surface area (Å²) in [6, 6.07) is 23.6. The van der Waals surface area contributed by atoms with Gasteiger partial charge in [0.25, 0.3) is 0 Å². The minimum atomic E-state index is -0.624. The smallest absolute Gasteiger partial charge is 0.245 e. The SMILES string of the molecule is C[C@@H]1CC2(CCN(C(=O)[C@@H](Cc3ccc(Cl)cc3)NC(=O)[C@H]3Cc4ccccc4CN3)CC2)c2ccccc21. The summed E-state index contributed by atoms with van der Waals surface area (Å²) in [5, 5.41) is 7.15. The Balaban J connectivity index is 1.17. The van der Waals surface area contributed by atoms with Crippen molar-refractivity contribution in [3.8, 4) is 0 Å². The standard InChI is InChI=1S/C33H36ClN3O2/c1-22-20-33(28-9-5-4-8-27(22)28)14-16-37(17-15-33)32(39)30(18-23-10-12-26(34)13-11-23)36-31(38)29-19-24-6-2-3-7-25(24)21-35-29/h2-13,22,29-30,35H,14-21H2,1H3,(H,36,38)/t22-,29-,30-/m1/s1. The first kappa shape index (κ1) is 26.1. The van der Waals surface area contributed by atoms with E-state index in [2.05, 4.69) is 54.0 Å². The topological polar surface area (TPSA) is 61.4 Å². The quantitative estimate of drug-likeness (QED) is 0.469. The third-order valence-electron chi connectivity index (χ3n) is 9.16. The van der Waals surface area contributed by atoms with Crippen molar-refractivity contribution in [3.05, 3.63) is 106 Å². The van der Waals surface area contributed by atoms with Crippen molar-refractivity contribution in [2.24, 2.45) is 0 Å². The summed E-state index contributed by atoms with van der Waals surface area (Å²) in [4.78, 5) is 29.4. The number of carbonyl (C=O) groups excluding carboxylic acids is 2. The molecule has 6 rings (SSSR count). The van der Waals surface area contributed by atoms with Gasteiger partial charge in [-0.1, -0.05) is 79.2 Å². The van der Waals surface area contributed by atoms with E-state index in [0.29, 0.717) is 43.4 Å². The molecule has 2 heterocycles. The van der Waals surface area contributed by atoms with Crippen LogP contribution < -0.4 is 10.6 Å². The lowest BCUT2D eigenvalue weighted by Crippen LogP contribution is -2.57. The van der Waals surface area contributed by atoms with Gasteiger partial charge >= 0.3 is 0 Å². The Morgan fingerprint density at radius 1 is 1.00 bits per heavy atom. The molecule has 1 saturated heterocycles. The predicted molar refractivity (Wildman–Crippen MR) is 155 cm³/mol. The van der Waals surface area contributed by atoms with Crippen molar-refractivity contribution in [3.63, 3.8) is 0 Å². The highest BCUT2D eigenvalue weighted by molar-refractivity contribution is 6.30. The fraction of sp³-hybridized carbons (Fsp3) is 0.394. The number of carbonyl (C=O) groups is 2. The number of halogens is 1. The van der Waals surface area contributed by atoms with Gasteiger partial charge in [0.05, 0.1) is 6.04 Å². The van der Waals surface area contributed by atoms with Crippen molar-refractivity contribution in [2.45, 2.75) is 69.0 Å². The van der Waals surface area contributed by atoms with E-state index in [-0.39, 0.29) is 23.3 Å². The van der Waals surface area contributed by atoms with Crippen molar-refractivity contribution in [2.75, 3.05) is 13.1 Å². The maximum Gasteiger partial charge on any atom is 0.245 e. The van der Waals surface area contributed by atoms with Crippen molar-refractivity contribution in [1.82, 2.24) is 15.5 Å². The molecule has 3 aromatic carbocycles. The highest BCUT2D eigenvalue weighted by atomic mass is 35.5. The summed E-state index contributed by atoms with van der Waals surface area (Å²) in [7, 11) is 0. The molecule has 202 valence electrons. The zero-order valence-corrected chi connectivity index (χ0v) is 23.2. The molecule has 3 atom stereocenters. The summed E-state index contributed by atoms with van der Waals surface area (Å²) in [6.07, 6.45) is 4.12. The average Bonchev–Trinajstić information content (AvgIpc) is 3.24. The fourth-order valence-corrected chi connectivity index (χ4v) is 7.16. The van der Waals surface area contributed by atoms with E-state index in [0.717, 1.165) is 24.8 Å². The number of piperidine rings is 1. The van der Waals surface area contributed by atoms with Crippen LogP contribution in [0.15, 0.2) is 72.8 Å². The molecule has 0 aromatic heterocycles. The lowest BCUT2D eigenvalue weighted by Gasteiger charge is -2.41. The average molecular weight is 542 g/mol. The Morgan fingerprint density at radius 2 is 1.69 bits per heavy atom. The fourth-order valence-electron chi connectivity index (χ4n) is 7.03. The number of hydrogen-bond donors (Lipinski definition) is 2. The van der Waals surface area contributed by atoms with Crippen LogP contribution in [0.3, 0.4) is 0 Å². The molecule has 39 heavy (non-hydrogen) atoms. The number of hydrogen-bond acceptors (Lipinski definition) is 3. The first-order valence-corrected chi connectivity index (χ1v) is 14.5. The van der Waals surface area contributed by atoms with Gasteiger partial charge < -0.3 is 15.5 Å². The minimum absolute atomic E-state index is 0.00342. The molecule has 1 spiro atoms. The molecule has 0 bridgehead atoms. The van der Waals surface area contributed by atoms with Crippen LogP contribution in [0.1, 0.15) is 59.9 Å². The molecule has 2 N–H and O–H groups in total. The van der Waals surface area contributed by atoms with Crippen LogP contribution in [-0.4, -0.2) is 41.9 Å². The maximum absolute atomic E-state index is 14.0. The van der Waals surface area contributed by atoms with Gasteiger partial charge in [-0.25, -0.2) is 0 Å². The molecule has 2 aliphatic heterocycles. The first-order chi connectivity index (χ1) is 18.9. The summed E-state index contributed by atoms with van der Waals surface area (Å²) in [5.74, 6) is 0.432. The normalized spacial score (nSPS) is 22.2. The van der Waals surface area contributed by atoms with Gasteiger partial charge in [-0.15, -0.1) is 0 Å². The molecule has 0 radical (unpaired) electrons. The number of nitrogens with zero attached hydrogens (tertiary/aromatic N) is 1. The third-order valence-corrected chi connectivity index (χ3v) is 9.41. The van der Waals surface area contributed by atoms with E-state index in [1.54, 1.807) is 0 Å². The molecular formula is C33H36ClN3O2. The Morgan fingerprint density at radius 3 is 2.46 bits per heavy atom. The number of fused-ring (bicyclic) bond motifs is 3. The lowest BCUT2D eigenvalue weighted by molar-refractivity contribution is -0.138. The van der Waals surface area contributed by atoms with Gasteiger partial charge in [-0.3, -0.25) is 9.59 Å². The highest BCUT2D eigenvalue weighted by Crippen LogP contribution is 2.51. The van der Waals surface area contributed by atoms with E-state index in [1.807, 2.05) is 41.3 Å². The summed E-state index contributed by atoms with van der Waals surface area (Å²) in [5.41, 5.74) is 6.48. The van der Waals surface area contributed by atoms with Gasteiger partial charge in [0.15, 0.2) is 0 Å². The monoisotopic (exact) mass is 541 g/mol. The second-order valence-electron chi connectivity index (χ2n) is 11.6. The molecule has 1 aliphatic carbocycles. The van der Waals surface area contributed by atoms with Gasteiger partial charge in [0.1, 0.15) is 6.04 Å². The number of amides is 2. The molecule has 0 unspecified atom stereocenters. The van der Waals surface area contributed by atoms with Crippen LogP contribution in [0.2, 0.25) is 5.02 Å². The van der Waals surface area contributed by atoms with E-state index in [1.165, 1.54) is 22.3 Å². The van der Waals surface area contributed by atoms with E-state index in [9.17, 15) is 9.59 Å². The Kier molecular flexibility index (Phi) is 7.22. The molecule has 0 saturated carbocycles. The zero-order valence-electron chi connectivity index (χ0n) is 22.5. The van der Waals surface area contributed by atoms with Crippen LogP contribution in [0.5, 0.6) is 0 Å². The summed E-state index contributed by atoms with van der Waals surface area (Å²) >= 11 is 6.11. The van der Waals surface area contributed by atoms with Crippen molar-refractivity contribution >= 4 is 23.4 Å². The molecule has 5 nitrogen and oxygen atoms in total. The third kappa shape index (κ3) is 5.22. The summed E-state index contributed by atoms with van der Waals surface area (Å²) in [6.45, 7) is 4.39. The number of likely N-dealkylation sites (tertiary alicyclic amines) is 1. The second-order valence-corrected chi connectivity index (χ2v) is 12.0. The molecule has 6 heteroatoms. The van der Waals surface area contributed by atoms with E-state index >= 15 is 0 Å². The summed E-state index contributed by atoms with van der Waals surface area (Å²) < 4.78 is 0. The molecule has 1 fully saturated rings. The van der Waals surface area contributed by atoms with Gasteiger partial charge in [0.2, 0.25) is 11.8 Å². The largest absolute Gasteiger partial charge is 0.343 e. The van der Waals surface area contributed by atoms with Gasteiger partial charge in [0, 0.05) is 31.1 Å². The first-order valence-electron chi connectivity index (χ1n) is 14.1. The second kappa shape index (κ2) is 10.8. The van der Waals surface area contributed by atoms with Crippen molar-refractivity contribution in [1.29, 1.82) is 0 Å². The van der Waals surface area contributed by atoms with Crippen LogP contribution in [0.25, 0.3) is 0 Å². The Hall–Kier alpha value is -3.15. The highest BCUT2D eigenvalue weighted by Gasteiger charge is 2.45. The molecule has 3 aromatic rings. The molecule has 3 aliphatic rings. The number of benzene rings is 3. The Labute approximate surface area is 235 Å². The predicted octanol–water partition coefficient (Wildman–Crippen LogP) is 5.15. The van der Waals surface area contributed by atoms with Crippen LogP contribution in [0, 0.1) is 0 Å². The maximum atomic E-state index is 14.0. The van der Waals surface area contributed by atoms with E-state index < -0.39 is 6.04 Å². The van der Waals surface area contributed by atoms with Crippen molar-refractivity contribution < 1.29 is 9.59 Å². The number of rotatable bonds is 5. The van der Waals surface area contributed by atoms with Gasteiger partial charge in [-0.2, -0.15) is 0 Å². The molecular weight excluding hydrogens is 506 g/mol. The van der Waals surface area contributed by atoms with E-state index in [4.69, 9.17) is 11.6 Å². The van der Waals surface area contributed by atoms with Crippen LogP contribution in [0.4, 0.5) is 0 Å². The van der Waals surface area contributed by atoms with Crippen LogP contribution in [-0.2, 0) is 34.4 Å². The molecule has 2 amide bonds.